The number of nitrogens with zero attached hydrogens (tertiary/aromatic N) is 2. The van der Waals surface area contributed by atoms with Crippen LogP contribution in [0.1, 0.15) is 23.1 Å². The largest absolute Gasteiger partial charge is 0.274 e. The summed E-state index contributed by atoms with van der Waals surface area (Å²) < 4.78 is 14.3. The van der Waals surface area contributed by atoms with Crippen molar-refractivity contribution < 1.29 is 9.18 Å². The average molecular weight is 232 g/mol. The molecule has 1 aromatic carbocycles. The van der Waals surface area contributed by atoms with Gasteiger partial charge in [0.25, 0.3) is 0 Å². The zero-order valence-electron chi connectivity index (χ0n) is 9.56. The van der Waals surface area contributed by atoms with Crippen molar-refractivity contribution in [3.63, 3.8) is 0 Å². The summed E-state index contributed by atoms with van der Waals surface area (Å²) in [4.78, 5) is 16.1. The van der Waals surface area contributed by atoms with Gasteiger partial charge in [-0.15, -0.1) is 0 Å². The Morgan fingerprint density at radius 3 is 2.71 bits per heavy atom. The third kappa shape index (κ3) is 2.58. The Morgan fingerprint density at radius 2 is 2.06 bits per heavy atom. The second-order valence-corrected chi connectivity index (χ2v) is 3.76. The molecule has 17 heavy (non-hydrogen) atoms. The molecular formula is C13H13FN2O. The smallest absolute Gasteiger partial charge is 0.236 e. The van der Waals surface area contributed by atoms with Crippen LogP contribution in [-0.4, -0.2) is 15.5 Å². The van der Waals surface area contributed by atoms with Crippen LogP contribution in [0.2, 0.25) is 0 Å². The van der Waals surface area contributed by atoms with E-state index in [-0.39, 0.29) is 18.1 Å². The number of hydrogen-bond donors (Lipinski definition) is 0. The molecule has 3 nitrogen and oxygen atoms in total. The number of halogens is 1. The van der Waals surface area contributed by atoms with Crippen LogP contribution >= 0.6 is 0 Å². The summed E-state index contributed by atoms with van der Waals surface area (Å²) in [6.07, 6.45) is 4.23. The monoisotopic (exact) mass is 232 g/mol. The Balaban J connectivity index is 2.14. The quantitative estimate of drug-likeness (QED) is 0.814. The van der Waals surface area contributed by atoms with Crippen LogP contribution < -0.4 is 0 Å². The summed E-state index contributed by atoms with van der Waals surface area (Å²) in [5, 5.41) is 0. The fourth-order valence-corrected chi connectivity index (χ4v) is 1.69. The van der Waals surface area contributed by atoms with Crippen LogP contribution in [0, 0.1) is 5.82 Å². The molecule has 0 bridgehead atoms. The van der Waals surface area contributed by atoms with Gasteiger partial charge in [-0.1, -0.05) is 19.1 Å². The maximum absolute atomic E-state index is 12.7. The topological polar surface area (TPSA) is 34.9 Å². The van der Waals surface area contributed by atoms with Gasteiger partial charge < -0.3 is 0 Å². The highest BCUT2D eigenvalue weighted by Crippen LogP contribution is 2.06. The third-order valence-electron chi connectivity index (χ3n) is 2.57. The zero-order chi connectivity index (χ0) is 12.3. The summed E-state index contributed by atoms with van der Waals surface area (Å²) in [5.41, 5.74) is 0.798. The van der Waals surface area contributed by atoms with Gasteiger partial charge in [0.2, 0.25) is 5.91 Å². The van der Waals surface area contributed by atoms with Gasteiger partial charge in [-0.25, -0.2) is 9.37 Å². The number of benzene rings is 1. The van der Waals surface area contributed by atoms with Crippen LogP contribution in [0.25, 0.3) is 0 Å². The minimum Gasteiger partial charge on any atom is -0.274 e. The summed E-state index contributed by atoms with van der Waals surface area (Å²) in [6.45, 7) is 1.95. The minimum absolute atomic E-state index is 0.0500. The van der Waals surface area contributed by atoms with E-state index in [2.05, 4.69) is 4.98 Å². The Hall–Kier alpha value is -1.97. The number of imidazole rings is 1. The van der Waals surface area contributed by atoms with Gasteiger partial charge in [0.05, 0.1) is 6.42 Å². The van der Waals surface area contributed by atoms with Crippen molar-refractivity contribution in [3.8, 4) is 0 Å². The van der Waals surface area contributed by atoms with Gasteiger partial charge in [-0.05, 0) is 17.7 Å². The van der Waals surface area contributed by atoms with E-state index in [1.54, 1.807) is 29.1 Å². The number of hydrogen-bond acceptors (Lipinski definition) is 2. The molecule has 0 atom stereocenters. The molecule has 0 aliphatic carbocycles. The van der Waals surface area contributed by atoms with E-state index in [0.717, 1.165) is 11.4 Å². The Kier molecular flexibility index (Phi) is 3.32. The minimum atomic E-state index is -0.293. The third-order valence-corrected chi connectivity index (χ3v) is 2.57. The lowest BCUT2D eigenvalue weighted by Gasteiger charge is -2.05. The van der Waals surface area contributed by atoms with E-state index in [9.17, 15) is 9.18 Å². The second-order valence-electron chi connectivity index (χ2n) is 3.76. The highest BCUT2D eigenvalue weighted by Gasteiger charge is 2.09. The first-order valence-electron chi connectivity index (χ1n) is 5.50. The predicted octanol–water partition coefficient (Wildman–Crippen LogP) is 2.47. The Bertz CT molecular complexity index is 516. The molecule has 0 N–H and O–H groups in total. The molecular weight excluding hydrogens is 219 g/mol. The molecule has 0 spiro atoms. The fourth-order valence-electron chi connectivity index (χ4n) is 1.69. The fraction of sp³-hybridized carbons (Fsp3) is 0.231. The predicted molar refractivity (Wildman–Crippen MR) is 62.3 cm³/mol. The molecule has 2 aromatic rings. The molecule has 0 saturated carbocycles. The van der Waals surface area contributed by atoms with E-state index in [4.69, 9.17) is 0 Å². The van der Waals surface area contributed by atoms with Crippen LogP contribution in [0.15, 0.2) is 36.7 Å². The lowest BCUT2D eigenvalue weighted by Crippen LogP contribution is -2.15. The first kappa shape index (κ1) is 11.5. The zero-order valence-corrected chi connectivity index (χ0v) is 9.56. The normalized spacial score (nSPS) is 10.5. The molecule has 0 aliphatic heterocycles. The number of carbonyl (C=O) groups excluding carboxylic acids is 1. The van der Waals surface area contributed by atoms with E-state index in [1.165, 1.54) is 12.1 Å². The molecule has 2 rings (SSSR count). The van der Waals surface area contributed by atoms with E-state index in [1.807, 2.05) is 6.92 Å². The van der Waals surface area contributed by atoms with Gasteiger partial charge in [-0.2, -0.15) is 0 Å². The summed E-state index contributed by atoms with van der Waals surface area (Å²) in [5.74, 6) is 0.404. The SMILES string of the molecule is CCc1nccn1C(=O)Cc1ccc(F)cc1. The van der Waals surface area contributed by atoms with Crippen molar-refractivity contribution in [3.05, 3.63) is 53.9 Å². The molecule has 1 heterocycles. The van der Waals surface area contributed by atoms with Crippen LogP contribution in [0.3, 0.4) is 0 Å². The first-order chi connectivity index (χ1) is 8.20. The number of carbonyl (C=O) groups is 1. The van der Waals surface area contributed by atoms with Crippen molar-refractivity contribution >= 4 is 5.91 Å². The van der Waals surface area contributed by atoms with Crippen LogP contribution in [-0.2, 0) is 12.8 Å². The van der Waals surface area contributed by atoms with E-state index in [0.29, 0.717) is 6.42 Å². The number of rotatable bonds is 3. The number of aryl methyl sites for hydroxylation is 1. The Labute approximate surface area is 98.9 Å². The van der Waals surface area contributed by atoms with Crippen LogP contribution in [0.4, 0.5) is 4.39 Å². The first-order valence-corrected chi connectivity index (χ1v) is 5.50. The summed E-state index contributed by atoms with van der Waals surface area (Å²) in [6, 6.07) is 5.96. The number of aromatic nitrogens is 2. The van der Waals surface area contributed by atoms with Gasteiger partial charge >= 0.3 is 0 Å². The van der Waals surface area contributed by atoms with Crippen molar-refractivity contribution in [1.82, 2.24) is 9.55 Å². The van der Waals surface area contributed by atoms with Crippen molar-refractivity contribution in [2.24, 2.45) is 0 Å². The van der Waals surface area contributed by atoms with Crippen LogP contribution in [0.5, 0.6) is 0 Å². The summed E-state index contributed by atoms with van der Waals surface area (Å²) >= 11 is 0. The highest BCUT2D eigenvalue weighted by atomic mass is 19.1. The van der Waals surface area contributed by atoms with Crippen molar-refractivity contribution in [2.45, 2.75) is 19.8 Å². The highest BCUT2D eigenvalue weighted by molar-refractivity contribution is 5.81. The van der Waals surface area contributed by atoms with Gasteiger partial charge in [0.15, 0.2) is 0 Å². The van der Waals surface area contributed by atoms with Crippen molar-refractivity contribution in [1.29, 1.82) is 0 Å². The van der Waals surface area contributed by atoms with Gasteiger partial charge in [-0.3, -0.25) is 9.36 Å². The molecule has 0 unspecified atom stereocenters. The van der Waals surface area contributed by atoms with Gasteiger partial charge in [0, 0.05) is 18.8 Å². The van der Waals surface area contributed by atoms with E-state index < -0.39 is 0 Å². The molecule has 0 saturated heterocycles. The van der Waals surface area contributed by atoms with E-state index >= 15 is 0 Å². The summed E-state index contributed by atoms with van der Waals surface area (Å²) in [7, 11) is 0. The Morgan fingerprint density at radius 1 is 1.35 bits per heavy atom. The lowest BCUT2D eigenvalue weighted by molar-refractivity contribution is 0.0910. The molecule has 0 amide bonds. The molecule has 88 valence electrons. The van der Waals surface area contributed by atoms with Gasteiger partial charge in [0.1, 0.15) is 11.6 Å². The average Bonchev–Trinajstić information content (AvgIpc) is 2.80. The maximum Gasteiger partial charge on any atom is 0.236 e. The molecule has 0 radical (unpaired) electrons. The molecule has 0 fully saturated rings. The standard InChI is InChI=1S/C13H13FN2O/c1-2-12-15-7-8-16(12)13(17)9-10-3-5-11(14)6-4-10/h3-8H,2,9H2,1H3. The molecule has 0 aliphatic rings. The second kappa shape index (κ2) is 4.91. The molecule has 1 aromatic heterocycles. The molecule has 4 heteroatoms. The van der Waals surface area contributed by atoms with Crippen molar-refractivity contribution in [2.75, 3.05) is 0 Å². The maximum atomic E-state index is 12.7. The lowest BCUT2D eigenvalue weighted by atomic mass is 10.1.